The number of ether oxygens (including phenoxy) is 1. The molecule has 0 amide bonds. The van der Waals surface area contributed by atoms with Crippen LogP contribution in [0.15, 0.2) is 42.5 Å². The molecule has 0 saturated heterocycles. The lowest BCUT2D eigenvalue weighted by molar-refractivity contribution is 0.103. The summed E-state index contributed by atoms with van der Waals surface area (Å²) in [5, 5.41) is 0. The highest BCUT2D eigenvalue weighted by Gasteiger charge is 2.16. The number of benzene rings is 2. The fourth-order valence-electron chi connectivity index (χ4n) is 1.64. The molecular weight excluding hydrogens is 238 g/mol. The molecule has 0 N–H and O–H groups in total. The summed E-state index contributed by atoms with van der Waals surface area (Å²) >= 11 is 0. The van der Waals surface area contributed by atoms with Crippen molar-refractivity contribution in [3.8, 4) is 5.75 Å². The average molecular weight is 248 g/mol. The van der Waals surface area contributed by atoms with Gasteiger partial charge in [0.25, 0.3) is 0 Å². The maximum Gasteiger partial charge on any atom is 0.193 e. The van der Waals surface area contributed by atoms with Crippen LogP contribution in [0.25, 0.3) is 0 Å². The first-order chi connectivity index (χ1) is 8.63. The molecule has 2 aromatic rings. The third-order valence-electron chi connectivity index (χ3n) is 2.50. The number of carbonyl (C=O) groups is 1. The van der Waals surface area contributed by atoms with Crippen molar-refractivity contribution >= 4 is 5.78 Å². The minimum Gasteiger partial charge on any atom is -0.491 e. The Bertz CT molecular complexity index is 557. The van der Waals surface area contributed by atoms with Gasteiger partial charge in [0, 0.05) is 11.1 Å². The van der Waals surface area contributed by atoms with Gasteiger partial charge in [0.2, 0.25) is 0 Å². The molecule has 2 nitrogen and oxygen atoms in total. The zero-order valence-corrected chi connectivity index (χ0v) is 9.61. The second kappa shape index (κ2) is 4.96. The first-order valence-electron chi connectivity index (χ1n) is 5.26. The average Bonchev–Trinajstić information content (AvgIpc) is 2.38. The number of carbonyl (C=O) groups excluding carboxylic acids is 1. The van der Waals surface area contributed by atoms with Crippen molar-refractivity contribution in [2.45, 2.75) is 0 Å². The fourth-order valence-corrected chi connectivity index (χ4v) is 1.64. The van der Waals surface area contributed by atoms with Crippen molar-refractivity contribution in [3.05, 3.63) is 65.2 Å². The standard InChI is InChI=1S/C14H10F2O2/c1-18-14-11(15)7-10(8-12(14)16)13(17)9-5-3-2-4-6-9/h2-8H,1H3. The van der Waals surface area contributed by atoms with Gasteiger partial charge in [-0.2, -0.15) is 0 Å². The Labute approximate surface area is 103 Å². The molecule has 0 saturated carbocycles. The first-order valence-corrected chi connectivity index (χ1v) is 5.26. The fraction of sp³-hybridized carbons (Fsp3) is 0.0714. The molecule has 2 aromatic carbocycles. The lowest BCUT2D eigenvalue weighted by atomic mass is 10.0. The van der Waals surface area contributed by atoms with Crippen molar-refractivity contribution in [1.82, 2.24) is 0 Å². The van der Waals surface area contributed by atoms with Crippen molar-refractivity contribution in [1.29, 1.82) is 0 Å². The molecule has 0 atom stereocenters. The van der Waals surface area contributed by atoms with Crippen LogP contribution in [0.5, 0.6) is 5.75 Å². The molecule has 0 heterocycles. The van der Waals surface area contributed by atoms with Crippen LogP contribution in [0.3, 0.4) is 0 Å². The van der Waals surface area contributed by atoms with E-state index in [-0.39, 0.29) is 5.56 Å². The molecule has 0 fully saturated rings. The lowest BCUT2D eigenvalue weighted by Crippen LogP contribution is -2.04. The van der Waals surface area contributed by atoms with Gasteiger partial charge in [-0.25, -0.2) is 8.78 Å². The second-order valence-corrected chi connectivity index (χ2v) is 3.67. The molecule has 0 spiro atoms. The van der Waals surface area contributed by atoms with Crippen LogP contribution >= 0.6 is 0 Å². The van der Waals surface area contributed by atoms with Crippen LogP contribution in [-0.4, -0.2) is 12.9 Å². The minimum absolute atomic E-state index is 0.0444. The third kappa shape index (κ3) is 2.22. The molecule has 0 aromatic heterocycles. The van der Waals surface area contributed by atoms with Gasteiger partial charge in [-0.15, -0.1) is 0 Å². The van der Waals surface area contributed by atoms with Gasteiger partial charge >= 0.3 is 0 Å². The van der Waals surface area contributed by atoms with Gasteiger partial charge in [-0.05, 0) is 12.1 Å². The maximum atomic E-state index is 13.5. The molecule has 2 rings (SSSR count). The van der Waals surface area contributed by atoms with E-state index in [2.05, 4.69) is 4.74 Å². The Balaban J connectivity index is 2.44. The Morgan fingerprint density at radius 1 is 1.00 bits per heavy atom. The molecule has 0 unspecified atom stereocenters. The minimum atomic E-state index is -0.892. The van der Waals surface area contributed by atoms with Crippen molar-refractivity contribution in [3.63, 3.8) is 0 Å². The Hall–Kier alpha value is -2.23. The molecule has 0 bridgehead atoms. The van der Waals surface area contributed by atoms with Gasteiger partial charge in [0.05, 0.1) is 7.11 Å². The van der Waals surface area contributed by atoms with Crippen LogP contribution in [0.2, 0.25) is 0 Å². The summed E-state index contributed by atoms with van der Waals surface area (Å²) in [5.74, 6) is -2.70. The van der Waals surface area contributed by atoms with Crippen LogP contribution in [0, 0.1) is 11.6 Å². The Morgan fingerprint density at radius 2 is 1.56 bits per heavy atom. The number of hydrogen-bond donors (Lipinski definition) is 0. The number of rotatable bonds is 3. The van der Waals surface area contributed by atoms with Crippen LogP contribution in [0.1, 0.15) is 15.9 Å². The third-order valence-corrected chi connectivity index (χ3v) is 2.50. The highest BCUT2D eigenvalue weighted by atomic mass is 19.1. The van der Waals surface area contributed by atoms with E-state index in [9.17, 15) is 13.6 Å². The van der Waals surface area contributed by atoms with Crippen molar-refractivity contribution < 1.29 is 18.3 Å². The maximum absolute atomic E-state index is 13.5. The van der Waals surface area contributed by atoms with Crippen molar-refractivity contribution in [2.24, 2.45) is 0 Å². The molecule has 92 valence electrons. The van der Waals surface area contributed by atoms with Gasteiger partial charge < -0.3 is 4.74 Å². The zero-order chi connectivity index (χ0) is 13.1. The largest absolute Gasteiger partial charge is 0.491 e. The van der Waals surface area contributed by atoms with E-state index in [1.165, 1.54) is 7.11 Å². The molecular formula is C14H10F2O2. The van der Waals surface area contributed by atoms with E-state index in [1.54, 1.807) is 30.3 Å². The van der Waals surface area contributed by atoms with E-state index in [1.807, 2.05) is 0 Å². The summed E-state index contributed by atoms with van der Waals surface area (Å²) in [6, 6.07) is 10.2. The van der Waals surface area contributed by atoms with Crippen LogP contribution in [0.4, 0.5) is 8.78 Å². The quantitative estimate of drug-likeness (QED) is 0.780. The smallest absolute Gasteiger partial charge is 0.193 e. The number of hydrogen-bond acceptors (Lipinski definition) is 2. The molecule has 0 radical (unpaired) electrons. The molecule has 4 heteroatoms. The zero-order valence-electron chi connectivity index (χ0n) is 9.61. The molecule has 0 aliphatic heterocycles. The number of methoxy groups -OCH3 is 1. The SMILES string of the molecule is COc1c(F)cc(C(=O)c2ccccc2)cc1F. The van der Waals surface area contributed by atoms with Gasteiger partial charge in [-0.1, -0.05) is 30.3 Å². The molecule has 0 aliphatic carbocycles. The van der Waals surface area contributed by atoms with E-state index in [0.717, 1.165) is 12.1 Å². The summed E-state index contributed by atoms with van der Waals surface area (Å²) < 4.78 is 31.5. The number of halogens is 2. The summed E-state index contributed by atoms with van der Waals surface area (Å²) in [5.41, 5.74) is 0.332. The molecule has 0 aliphatic rings. The van der Waals surface area contributed by atoms with E-state index in [0.29, 0.717) is 5.56 Å². The topological polar surface area (TPSA) is 26.3 Å². The highest BCUT2D eigenvalue weighted by Crippen LogP contribution is 2.24. The Morgan fingerprint density at radius 3 is 2.06 bits per heavy atom. The van der Waals surface area contributed by atoms with E-state index >= 15 is 0 Å². The highest BCUT2D eigenvalue weighted by molar-refractivity contribution is 6.09. The summed E-state index contributed by atoms with van der Waals surface area (Å²) in [7, 11) is 1.17. The summed E-state index contributed by atoms with van der Waals surface area (Å²) in [4.78, 5) is 12.0. The second-order valence-electron chi connectivity index (χ2n) is 3.67. The lowest BCUT2D eigenvalue weighted by Gasteiger charge is -2.06. The van der Waals surface area contributed by atoms with Gasteiger partial charge in [0.15, 0.2) is 23.2 Å². The monoisotopic (exact) mass is 248 g/mol. The van der Waals surface area contributed by atoms with Crippen LogP contribution < -0.4 is 4.74 Å². The van der Waals surface area contributed by atoms with Crippen molar-refractivity contribution in [2.75, 3.05) is 7.11 Å². The predicted molar refractivity (Wildman–Crippen MR) is 62.8 cm³/mol. The Kier molecular flexibility index (Phi) is 3.37. The molecule has 18 heavy (non-hydrogen) atoms. The van der Waals surface area contributed by atoms with Gasteiger partial charge in [0.1, 0.15) is 0 Å². The van der Waals surface area contributed by atoms with E-state index < -0.39 is 23.2 Å². The normalized spacial score (nSPS) is 10.2. The summed E-state index contributed by atoms with van der Waals surface area (Å²) in [6.45, 7) is 0. The predicted octanol–water partition coefficient (Wildman–Crippen LogP) is 3.20. The van der Waals surface area contributed by atoms with E-state index in [4.69, 9.17) is 0 Å². The first kappa shape index (κ1) is 12.2. The number of ketones is 1. The van der Waals surface area contributed by atoms with Gasteiger partial charge in [-0.3, -0.25) is 4.79 Å². The van der Waals surface area contributed by atoms with Crippen LogP contribution in [-0.2, 0) is 0 Å². The summed E-state index contributed by atoms with van der Waals surface area (Å²) in [6.07, 6.45) is 0.